The van der Waals surface area contributed by atoms with Crippen LogP contribution in [-0.2, 0) is 14.4 Å². The van der Waals surface area contributed by atoms with Crippen molar-refractivity contribution in [1.82, 2.24) is 4.90 Å². The second-order valence-corrected chi connectivity index (χ2v) is 8.74. The van der Waals surface area contributed by atoms with Crippen LogP contribution in [0.1, 0.15) is 18.4 Å². The Morgan fingerprint density at radius 3 is 2.38 bits per heavy atom. The lowest BCUT2D eigenvalue weighted by atomic mass is 9.96. The van der Waals surface area contributed by atoms with Crippen molar-refractivity contribution >= 4 is 40.9 Å². The minimum atomic E-state index is -0.142. The van der Waals surface area contributed by atoms with Crippen LogP contribution in [0.4, 0.5) is 11.4 Å². The number of nitrogens with one attached hydrogen (secondary N) is 2. The Labute approximate surface area is 192 Å². The van der Waals surface area contributed by atoms with Gasteiger partial charge in [0.2, 0.25) is 17.7 Å². The summed E-state index contributed by atoms with van der Waals surface area (Å²) in [6, 6.07) is 14.9. The number of amides is 3. The first-order valence-electron chi connectivity index (χ1n) is 10.6. The Morgan fingerprint density at radius 2 is 1.69 bits per heavy atom. The van der Waals surface area contributed by atoms with Gasteiger partial charge in [0, 0.05) is 24.7 Å². The Balaban J connectivity index is 1.37. The number of rotatable bonds is 8. The zero-order chi connectivity index (χ0) is 22.9. The van der Waals surface area contributed by atoms with Gasteiger partial charge in [-0.1, -0.05) is 29.8 Å². The number of anilines is 2. The summed E-state index contributed by atoms with van der Waals surface area (Å²) in [5.41, 5.74) is 2.53. The average molecular weight is 456 g/mol. The lowest BCUT2D eigenvalue weighted by Crippen LogP contribution is -2.42. The van der Waals surface area contributed by atoms with Crippen molar-refractivity contribution in [2.24, 2.45) is 5.92 Å². The summed E-state index contributed by atoms with van der Waals surface area (Å²) >= 11 is 1.30. The number of para-hydroxylation sites is 2. The van der Waals surface area contributed by atoms with Crippen molar-refractivity contribution in [1.29, 1.82) is 0 Å². The van der Waals surface area contributed by atoms with Crippen molar-refractivity contribution in [2.75, 3.05) is 42.3 Å². The number of likely N-dealkylation sites (tertiary alicyclic amines) is 1. The molecule has 170 valence electrons. The number of aryl methyl sites for hydroxylation is 1. The van der Waals surface area contributed by atoms with E-state index in [4.69, 9.17) is 4.74 Å². The molecule has 0 spiro atoms. The lowest BCUT2D eigenvalue weighted by Gasteiger charge is -2.31. The molecule has 0 aromatic heterocycles. The molecule has 1 fully saturated rings. The minimum Gasteiger partial charge on any atom is -0.495 e. The highest BCUT2D eigenvalue weighted by atomic mass is 32.2. The summed E-state index contributed by atoms with van der Waals surface area (Å²) in [7, 11) is 1.57. The van der Waals surface area contributed by atoms with Gasteiger partial charge in [-0.05, 0) is 44.0 Å². The third-order valence-corrected chi connectivity index (χ3v) is 6.29. The van der Waals surface area contributed by atoms with Gasteiger partial charge >= 0.3 is 0 Å². The third kappa shape index (κ3) is 6.75. The van der Waals surface area contributed by atoms with Crippen LogP contribution >= 0.6 is 11.8 Å². The lowest BCUT2D eigenvalue weighted by molar-refractivity contribution is -0.132. The molecule has 3 rings (SSSR count). The van der Waals surface area contributed by atoms with Crippen LogP contribution in [0.3, 0.4) is 0 Å². The molecule has 3 amide bonds. The largest absolute Gasteiger partial charge is 0.495 e. The first-order chi connectivity index (χ1) is 15.5. The van der Waals surface area contributed by atoms with Crippen LogP contribution in [0.5, 0.6) is 5.75 Å². The molecule has 2 aromatic rings. The highest BCUT2D eigenvalue weighted by Crippen LogP contribution is 2.26. The normalized spacial score (nSPS) is 14.0. The fourth-order valence-electron chi connectivity index (χ4n) is 3.53. The number of methoxy groups -OCH3 is 1. The first kappa shape index (κ1) is 23.7. The van der Waals surface area contributed by atoms with Crippen molar-refractivity contribution in [3.63, 3.8) is 0 Å². The van der Waals surface area contributed by atoms with Crippen LogP contribution in [0.25, 0.3) is 0 Å². The highest BCUT2D eigenvalue weighted by Gasteiger charge is 2.27. The molecule has 7 nitrogen and oxygen atoms in total. The molecule has 0 bridgehead atoms. The van der Waals surface area contributed by atoms with Crippen molar-refractivity contribution in [3.05, 3.63) is 54.1 Å². The monoisotopic (exact) mass is 455 g/mol. The second kappa shape index (κ2) is 11.6. The molecule has 0 unspecified atom stereocenters. The zero-order valence-corrected chi connectivity index (χ0v) is 19.2. The Morgan fingerprint density at radius 1 is 1.00 bits per heavy atom. The first-order valence-corrected chi connectivity index (χ1v) is 11.8. The van der Waals surface area contributed by atoms with Crippen LogP contribution in [-0.4, -0.2) is 54.3 Å². The Bertz CT molecular complexity index is 941. The summed E-state index contributed by atoms with van der Waals surface area (Å²) in [5, 5.41) is 5.76. The highest BCUT2D eigenvalue weighted by molar-refractivity contribution is 8.00. The smallest absolute Gasteiger partial charge is 0.234 e. The van der Waals surface area contributed by atoms with E-state index < -0.39 is 0 Å². The molecule has 0 saturated carbocycles. The number of benzene rings is 2. The van der Waals surface area contributed by atoms with E-state index in [2.05, 4.69) is 10.6 Å². The number of hydrogen-bond donors (Lipinski definition) is 2. The van der Waals surface area contributed by atoms with Crippen LogP contribution in [0.2, 0.25) is 0 Å². The van der Waals surface area contributed by atoms with E-state index in [1.165, 1.54) is 11.8 Å². The van der Waals surface area contributed by atoms with Gasteiger partial charge in [0.25, 0.3) is 0 Å². The van der Waals surface area contributed by atoms with E-state index >= 15 is 0 Å². The van der Waals surface area contributed by atoms with E-state index in [0.29, 0.717) is 37.4 Å². The molecule has 1 saturated heterocycles. The summed E-state index contributed by atoms with van der Waals surface area (Å²) in [6.07, 6.45) is 1.23. The van der Waals surface area contributed by atoms with Crippen LogP contribution in [0, 0.1) is 12.8 Å². The number of thioether (sulfide) groups is 1. The van der Waals surface area contributed by atoms with Gasteiger partial charge < -0.3 is 20.3 Å². The number of carbonyl (C=O) groups is 3. The molecule has 0 aliphatic carbocycles. The maximum Gasteiger partial charge on any atom is 0.234 e. The standard InChI is InChI=1S/C24H29N3O4S/c1-17-7-9-19(10-8-17)25-22(28)15-32-16-23(29)27-13-11-18(12-14-27)24(30)26-20-5-3-4-6-21(20)31-2/h3-10,18H,11-16H2,1-2H3,(H,25,28)(H,26,30). The maximum atomic E-state index is 12.6. The molecule has 1 heterocycles. The number of hydrogen-bond acceptors (Lipinski definition) is 5. The van der Waals surface area contributed by atoms with Crippen LogP contribution in [0.15, 0.2) is 48.5 Å². The molecular weight excluding hydrogens is 426 g/mol. The molecule has 0 atom stereocenters. The molecule has 0 radical (unpaired) electrons. The van der Waals surface area contributed by atoms with Crippen LogP contribution < -0.4 is 15.4 Å². The Kier molecular flexibility index (Phi) is 8.56. The molecule has 1 aliphatic rings. The number of carbonyl (C=O) groups excluding carboxylic acids is 3. The van der Waals surface area contributed by atoms with Crippen molar-refractivity contribution < 1.29 is 19.1 Å². The minimum absolute atomic E-state index is 0.00160. The fraction of sp³-hybridized carbons (Fsp3) is 0.375. The van der Waals surface area contributed by atoms with Crippen molar-refractivity contribution in [3.8, 4) is 5.75 Å². The summed E-state index contributed by atoms with van der Waals surface area (Å²) in [6.45, 7) is 3.07. The second-order valence-electron chi connectivity index (χ2n) is 7.75. The molecule has 8 heteroatoms. The van der Waals surface area contributed by atoms with Crippen molar-refractivity contribution in [2.45, 2.75) is 19.8 Å². The predicted molar refractivity (Wildman–Crippen MR) is 128 cm³/mol. The molecule has 32 heavy (non-hydrogen) atoms. The van der Waals surface area contributed by atoms with E-state index in [-0.39, 0.29) is 35.1 Å². The fourth-order valence-corrected chi connectivity index (χ4v) is 4.25. The van der Waals surface area contributed by atoms with E-state index in [1.54, 1.807) is 18.1 Å². The molecule has 2 aromatic carbocycles. The predicted octanol–water partition coefficient (Wildman–Crippen LogP) is 3.55. The quantitative estimate of drug-likeness (QED) is 0.636. The topological polar surface area (TPSA) is 87.7 Å². The van der Waals surface area contributed by atoms with Gasteiger partial charge in [-0.15, -0.1) is 11.8 Å². The van der Waals surface area contributed by atoms with E-state index in [9.17, 15) is 14.4 Å². The van der Waals surface area contributed by atoms with Gasteiger partial charge in [-0.25, -0.2) is 0 Å². The number of nitrogens with zero attached hydrogens (tertiary/aromatic N) is 1. The molecule has 2 N–H and O–H groups in total. The number of piperidine rings is 1. The average Bonchev–Trinajstić information content (AvgIpc) is 2.81. The van der Waals surface area contributed by atoms with Gasteiger partial charge in [-0.2, -0.15) is 0 Å². The Hall–Kier alpha value is -3.00. The number of ether oxygens (including phenoxy) is 1. The van der Waals surface area contributed by atoms with Gasteiger partial charge in [-0.3, -0.25) is 14.4 Å². The third-order valence-electron chi connectivity index (χ3n) is 5.38. The van der Waals surface area contributed by atoms with Gasteiger partial charge in [0.15, 0.2) is 0 Å². The molecular formula is C24H29N3O4S. The maximum absolute atomic E-state index is 12.6. The molecule has 1 aliphatic heterocycles. The summed E-state index contributed by atoms with van der Waals surface area (Å²) < 4.78 is 5.28. The summed E-state index contributed by atoms with van der Waals surface area (Å²) in [5.74, 6) is 0.772. The zero-order valence-electron chi connectivity index (χ0n) is 18.4. The summed E-state index contributed by atoms with van der Waals surface area (Å²) in [4.78, 5) is 38.9. The van der Waals surface area contributed by atoms with Gasteiger partial charge in [0.05, 0.1) is 24.3 Å². The van der Waals surface area contributed by atoms with E-state index in [1.807, 2.05) is 49.4 Å². The van der Waals surface area contributed by atoms with Gasteiger partial charge in [0.1, 0.15) is 5.75 Å². The SMILES string of the molecule is COc1ccccc1NC(=O)C1CCN(C(=O)CSCC(=O)Nc2ccc(C)cc2)CC1. The van der Waals surface area contributed by atoms with E-state index in [0.717, 1.165) is 11.3 Å².